The van der Waals surface area contributed by atoms with Crippen molar-refractivity contribution in [1.82, 2.24) is 20.2 Å². The second-order valence-corrected chi connectivity index (χ2v) is 8.97. The molecular formula is C24H21N5O8S. The van der Waals surface area contributed by atoms with Crippen molar-refractivity contribution in [2.75, 3.05) is 25.6 Å². The minimum Gasteiger partial charge on any atom is -0.486 e. The molecule has 1 saturated heterocycles. The molecule has 196 valence electrons. The highest BCUT2D eigenvalue weighted by Crippen LogP contribution is 2.35. The van der Waals surface area contributed by atoms with Gasteiger partial charge < -0.3 is 29.6 Å². The largest absolute Gasteiger partial charge is 0.514 e. The third-order valence-electron chi connectivity index (χ3n) is 5.70. The van der Waals surface area contributed by atoms with Gasteiger partial charge in [0.2, 0.25) is 11.8 Å². The average molecular weight is 540 g/mol. The van der Waals surface area contributed by atoms with E-state index in [2.05, 4.69) is 25.3 Å². The normalized spacial score (nSPS) is 17.0. The maximum absolute atomic E-state index is 13.5. The number of anilines is 1. The Morgan fingerprint density at radius 2 is 2.05 bits per heavy atom. The molecule has 38 heavy (non-hydrogen) atoms. The molecule has 2 aliphatic rings. The van der Waals surface area contributed by atoms with Gasteiger partial charge in [0.1, 0.15) is 25.3 Å². The first-order valence-electron chi connectivity index (χ1n) is 11.4. The lowest BCUT2D eigenvalue weighted by molar-refractivity contribution is -0.134. The SMILES string of the molecule is COC(=O)Oc1csc(NC(=O)[C@H](Cc2cccnc2)N2C(=O)NC(c3ccc4c(c3)OCCO4)C2=O)n1. The van der Waals surface area contributed by atoms with Crippen molar-refractivity contribution in [2.45, 2.75) is 18.5 Å². The van der Waals surface area contributed by atoms with E-state index in [-0.39, 0.29) is 17.4 Å². The van der Waals surface area contributed by atoms with E-state index in [4.69, 9.17) is 14.2 Å². The van der Waals surface area contributed by atoms with E-state index in [9.17, 15) is 19.2 Å². The van der Waals surface area contributed by atoms with Crippen LogP contribution in [-0.4, -0.2) is 65.2 Å². The fourth-order valence-corrected chi connectivity index (χ4v) is 4.59. The molecule has 14 heteroatoms. The van der Waals surface area contributed by atoms with Crippen molar-refractivity contribution in [3.05, 3.63) is 59.2 Å². The number of nitrogens with zero attached hydrogens (tertiary/aromatic N) is 3. The molecule has 0 spiro atoms. The third-order valence-corrected chi connectivity index (χ3v) is 6.44. The number of pyridine rings is 1. The molecule has 5 rings (SSSR count). The van der Waals surface area contributed by atoms with Crippen LogP contribution in [0.5, 0.6) is 17.4 Å². The summed E-state index contributed by atoms with van der Waals surface area (Å²) in [6, 6.07) is 5.39. The number of aromatic nitrogens is 2. The molecule has 2 aromatic heterocycles. The Morgan fingerprint density at radius 1 is 1.24 bits per heavy atom. The Hall–Kier alpha value is -4.72. The second-order valence-electron chi connectivity index (χ2n) is 8.11. The number of thiazole rings is 1. The molecule has 2 aliphatic heterocycles. The van der Waals surface area contributed by atoms with Gasteiger partial charge in [0.05, 0.1) is 12.5 Å². The molecule has 1 fully saturated rings. The number of ether oxygens (including phenoxy) is 4. The molecule has 4 heterocycles. The van der Waals surface area contributed by atoms with Gasteiger partial charge in [-0.15, -0.1) is 11.3 Å². The van der Waals surface area contributed by atoms with Gasteiger partial charge in [-0.05, 0) is 29.3 Å². The number of urea groups is 1. The zero-order chi connectivity index (χ0) is 26.6. The molecule has 0 radical (unpaired) electrons. The number of carbonyl (C=O) groups is 4. The zero-order valence-corrected chi connectivity index (χ0v) is 20.7. The summed E-state index contributed by atoms with van der Waals surface area (Å²) in [4.78, 5) is 60.3. The lowest BCUT2D eigenvalue weighted by Crippen LogP contribution is -2.49. The fraction of sp³-hybridized carbons (Fsp3) is 0.250. The molecular weight excluding hydrogens is 518 g/mol. The summed E-state index contributed by atoms with van der Waals surface area (Å²) in [6.07, 6.45) is 2.15. The van der Waals surface area contributed by atoms with E-state index in [1.807, 2.05) is 0 Å². The van der Waals surface area contributed by atoms with E-state index in [1.54, 1.807) is 42.7 Å². The van der Waals surface area contributed by atoms with Crippen LogP contribution in [0, 0.1) is 0 Å². The van der Waals surface area contributed by atoms with Crippen LogP contribution in [0.25, 0.3) is 0 Å². The van der Waals surface area contributed by atoms with E-state index < -0.39 is 36.1 Å². The highest BCUT2D eigenvalue weighted by molar-refractivity contribution is 7.14. The van der Waals surface area contributed by atoms with E-state index in [1.165, 1.54) is 5.38 Å². The van der Waals surface area contributed by atoms with Crippen LogP contribution in [0.2, 0.25) is 0 Å². The number of hydrogen-bond donors (Lipinski definition) is 2. The third kappa shape index (κ3) is 5.20. The summed E-state index contributed by atoms with van der Waals surface area (Å²) in [5, 5.41) is 6.74. The van der Waals surface area contributed by atoms with Crippen molar-refractivity contribution in [3.8, 4) is 17.4 Å². The summed E-state index contributed by atoms with van der Waals surface area (Å²) in [6.45, 7) is 0.782. The highest BCUT2D eigenvalue weighted by Gasteiger charge is 2.45. The smallest absolute Gasteiger partial charge is 0.486 e. The Labute approximate surface area is 219 Å². The first-order chi connectivity index (χ1) is 18.4. The van der Waals surface area contributed by atoms with Gasteiger partial charge >= 0.3 is 12.2 Å². The van der Waals surface area contributed by atoms with Crippen molar-refractivity contribution < 1.29 is 38.1 Å². The first kappa shape index (κ1) is 25.0. The molecule has 2 atom stereocenters. The van der Waals surface area contributed by atoms with Gasteiger partial charge in [0.15, 0.2) is 16.6 Å². The number of benzene rings is 1. The monoisotopic (exact) mass is 539 g/mol. The van der Waals surface area contributed by atoms with Crippen molar-refractivity contribution in [3.63, 3.8) is 0 Å². The maximum atomic E-state index is 13.5. The molecule has 1 unspecified atom stereocenters. The van der Waals surface area contributed by atoms with Crippen LogP contribution >= 0.6 is 11.3 Å². The number of imide groups is 1. The number of nitrogens with one attached hydrogen (secondary N) is 2. The summed E-state index contributed by atoms with van der Waals surface area (Å²) in [5.74, 6) is -0.340. The van der Waals surface area contributed by atoms with E-state index in [0.29, 0.717) is 35.8 Å². The number of fused-ring (bicyclic) bond motifs is 1. The summed E-state index contributed by atoms with van der Waals surface area (Å²) in [5.41, 5.74) is 1.12. The first-order valence-corrected chi connectivity index (χ1v) is 12.2. The van der Waals surface area contributed by atoms with E-state index >= 15 is 0 Å². The molecule has 0 bridgehead atoms. The average Bonchev–Trinajstić information content (AvgIpc) is 3.49. The van der Waals surface area contributed by atoms with Gasteiger partial charge in [-0.25, -0.2) is 14.5 Å². The van der Waals surface area contributed by atoms with Gasteiger partial charge in [-0.3, -0.25) is 14.6 Å². The highest BCUT2D eigenvalue weighted by atomic mass is 32.1. The zero-order valence-electron chi connectivity index (χ0n) is 19.9. The Morgan fingerprint density at radius 3 is 2.82 bits per heavy atom. The van der Waals surface area contributed by atoms with Crippen molar-refractivity contribution >= 4 is 40.5 Å². The van der Waals surface area contributed by atoms with E-state index in [0.717, 1.165) is 23.3 Å². The summed E-state index contributed by atoms with van der Waals surface area (Å²) in [7, 11) is 1.15. The lowest BCUT2D eigenvalue weighted by atomic mass is 10.0. The van der Waals surface area contributed by atoms with Crippen molar-refractivity contribution in [1.29, 1.82) is 0 Å². The minimum absolute atomic E-state index is 0.00356. The number of hydrogen-bond acceptors (Lipinski definition) is 11. The van der Waals surface area contributed by atoms with Gasteiger partial charge in [-0.1, -0.05) is 12.1 Å². The number of amides is 4. The summed E-state index contributed by atoms with van der Waals surface area (Å²) >= 11 is 0.991. The number of carbonyl (C=O) groups excluding carboxylic acids is 4. The second kappa shape index (κ2) is 10.7. The van der Waals surface area contributed by atoms with Gasteiger partial charge in [-0.2, -0.15) is 4.98 Å². The van der Waals surface area contributed by atoms with Crippen LogP contribution in [0.4, 0.5) is 14.7 Å². The maximum Gasteiger partial charge on any atom is 0.514 e. The quantitative estimate of drug-likeness (QED) is 0.337. The molecule has 0 saturated carbocycles. The molecule has 1 aromatic carbocycles. The Kier molecular flexibility index (Phi) is 7.04. The van der Waals surface area contributed by atoms with Gasteiger partial charge in [0, 0.05) is 18.8 Å². The fourth-order valence-electron chi connectivity index (χ4n) is 3.98. The number of methoxy groups -OCH3 is 1. The standard InChI is InChI=1S/C24H21N5O8S/c1-34-24(33)37-18-12-38-22(26-18)28-20(30)15(9-13-3-2-6-25-11-13)29-21(31)19(27-23(29)32)14-4-5-16-17(10-14)36-8-7-35-16/h2-6,10-12,15,19H,7-9H2,1H3,(H,27,32)(H,26,28,30)/t15-,19?/m0/s1. The molecule has 2 N–H and O–H groups in total. The van der Waals surface area contributed by atoms with Crippen LogP contribution in [-0.2, 0) is 20.7 Å². The molecule has 13 nitrogen and oxygen atoms in total. The predicted octanol–water partition coefficient (Wildman–Crippen LogP) is 2.30. The van der Waals surface area contributed by atoms with Crippen molar-refractivity contribution in [2.24, 2.45) is 0 Å². The number of rotatable bonds is 7. The predicted molar refractivity (Wildman–Crippen MR) is 131 cm³/mol. The van der Waals surface area contributed by atoms with Crippen LogP contribution in [0.1, 0.15) is 17.2 Å². The molecule has 3 aromatic rings. The molecule has 4 amide bonds. The molecule has 0 aliphatic carbocycles. The van der Waals surface area contributed by atoms with Crippen LogP contribution in [0.3, 0.4) is 0 Å². The Bertz CT molecular complexity index is 1380. The van der Waals surface area contributed by atoms with Crippen LogP contribution in [0.15, 0.2) is 48.1 Å². The topological polar surface area (TPSA) is 158 Å². The summed E-state index contributed by atoms with van der Waals surface area (Å²) < 4.78 is 20.4. The van der Waals surface area contributed by atoms with Gasteiger partial charge in [0.25, 0.3) is 5.91 Å². The van der Waals surface area contributed by atoms with Crippen LogP contribution < -0.4 is 24.8 Å². The Balaban J connectivity index is 1.39. The minimum atomic E-state index is -1.23. The lowest BCUT2D eigenvalue weighted by Gasteiger charge is -2.24.